The number of allylic oxidation sites excluding steroid dienone is 6. The Labute approximate surface area is 806 Å². The van der Waals surface area contributed by atoms with Crippen molar-refractivity contribution in [3.8, 4) is 84.4 Å². The molecule has 4 rings (SSSR count). The zero-order chi connectivity index (χ0) is 90.7. The van der Waals surface area contributed by atoms with Gasteiger partial charge < -0.3 is 91.7 Å². The summed E-state index contributed by atoms with van der Waals surface area (Å²) >= 11 is 53.2. The maximum atomic E-state index is 8.47. The fraction of sp³-hybridized carbons (Fsp3) is 0.221. The molecule has 0 amide bonds. The second kappa shape index (κ2) is 125. The van der Waals surface area contributed by atoms with E-state index in [1.165, 1.54) is 71.4 Å². The molecule has 0 aliphatic carbocycles. The van der Waals surface area contributed by atoms with Crippen LogP contribution in [0, 0.1) is 159 Å². The lowest BCUT2D eigenvalue weighted by Gasteiger charge is -2.00. The van der Waals surface area contributed by atoms with E-state index in [4.69, 9.17) is 167 Å². The van der Waals surface area contributed by atoms with Crippen molar-refractivity contribution in [3.05, 3.63) is 179 Å². The molecule has 2 heterocycles. The minimum absolute atomic E-state index is 0. The van der Waals surface area contributed by atoms with Crippen LogP contribution in [0.4, 0.5) is 0 Å². The molecule has 0 aliphatic rings. The van der Waals surface area contributed by atoms with Crippen molar-refractivity contribution in [3.63, 3.8) is 0 Å². The predicted molar refractivity (Wildman–Crippen MR) is 537 cm³/mol. The molecule has 0 spiro atoms. The SMILES string of the molecule is Cl.Cl.Cl.Cl.Cl.N#C/C=C/CCl.N#C/C=C/CSC(N)N.N#C/C=C\CCl.N#C/C=C\CSC(=N)N.N#CC#CCCl.N#CC#CCSC(=N)N.N#CCc1ccc(CCl)cc1.N#CCc1ccc(CCl)nc1.N#CCc1ccc(CSC(=N)N)cc1.N#CCc1ccc(CSC(=N)N)nc1.NC(N)=S.NC(N)=S.NC(N)=S.NC(N)=S.NC(N)=S. The minimum Gasteiger partial charge on any atom is -0.379 e. The third kappa shape index (κ3) is 180. The summed E-state index contributed by atoms with van der Waals surface area (Å²) in [6, 6.07) is 41.8. The van der Waals surface area contributed by atoms with E-state index in [1.807, 2.05) is 91.0 Å². The second-order valence-electron chi connectivity index (χ2n) is 17.4. The molecule has 0 radical (unpaired) electrons. The number of benzene rings is 2. The van der Waals surface area contributed by atoms with E-state index in [1.54, 1.807) is 61.0 Å². The first kappa shape index (κ1) is 148. The number of pyridine rings is 2. The van der Waals surface area contributed by atoms with Crippen molar-refractivity contribution < 1.29 is 0 Å². The fourth-order valence-electron chi connectivity index (χ4n) is 4.42. The molecule has 32 nitrogen and oxygen atoms in total. The lowest BCUT2D eigenvalue weighted by atomic mass is 10.1. The summed E-state index contributed by atoms with van der Waals surface area (Å²) in [6.07, 6.45) is 17.1. The number of nitriles is 10. The molecule has 52 heteroatoms. The molecule has 2 aromatic carbocycles. The van der Waals surface area contributed by atoms with E-state index in [-0.39, 0.29) is 120 Å². The number of amidine groups is 4. The van der Waals surface area contributed by atoms with Gasteiger partial charge in [-0.2, -0.15) is 52.6 Å². The van der Waals surface area contributed by atoms with Crippen molar-refractivity contribution in [2.75, 3.05) is 34.9 Å². The number of rotatable bonds is 18. The van der Waals surface area contributed by atoms with E-state index in [9.17, 15) is 0 Å². The van der Waals surface area contributed by atoms with Gasteiger partial charge in [-0.1, -0.05) is 144 Å². The van der Waals surface area contributed by atoms with Crippen LogP contribution >= 0.6 is 240 Å². The monoisotopic (exact) mass is 2030 g/mol. The Balaban J connectivity index is -0.0000000701. The molecule has 0 fully saturated rings. The third-order valence-electron chi connectivity index (χ3n) is 8.33. The number of aromatic nitrogens is 2. The molecule has 0 atom stereocenters. The predicted octanol–water partition coefficient (Wildman–Crippen LogP) is 9.78. The Hall–Kier alpha value is -9.38. The van der Waals surface area contributed by atoms with E-state index >= 15 is 0 Å². The average molecular weight is 2030 g/mol. The molecular formula is C68H92Cl10N32S10. The van der Waals surface area contributed by atoms with Gasteiger partial charge in [0.1, 0.15) is 5.50 Å². The quantitative estimate of drug-likeness (QED) is 0.00837. The molecule has 0 bridgehead atoms. The number of nitrogens with two attached hydrogens (primary N) is 16. The first-order chi connectivity index (χ1) is 54.4. The Kier molecular flexibility index (Phi) is 155. The molecule has 36 N–H and O–H groups in total. The maximum absolute atomic E-state index is 8.47. The zero-order valence-corrected chi connectivity index (χ0v) is 79.3. The summed E-state index contributed by atoms with van der Waals surface area (Å²) in [5.74, 6) is 14.2. The van der Waals surface area contributed by atoms with Gasteiger partial charge in [0, 0.05) is 89.2 Å². The van der Waals surface area contributed by atoms with Crippen LogP contribution in [0.5, 0.6) is 0 Å². The van der Waals surface area contributed by atoms with Crippen molar-refractivity contribution >= 4 is 286 Å². The summed E-state index contributed by atoms with van der Waals surface area (Å²) in [7, 11) is 0. The number of halogens is 10. The normalized spacial score (nSPS) is 7.92. The van der Waals surface area contributed by atoms with Gasteiger partial charge in [-0.25, -0.2) is 0 Å². The van der Waals surface area contributed by atoms with Gasteiger partial charge in [-0.15, -0.1) is 132 Å². The van der Waals surface area contributed by atoms with Gasteiger partial charge in [0.05, 0.1) is 103 Å². The summed E-state index contributed by atoms with van der Waals surface area (Å²) < 4.78 is 0. The van der Waals surface area contributed by atoms with Crippen molar-refractivity contribution in [2.45, 2.75) is 54.4 Å². The summed E-state index contributed by atoms with van der Waals surface area (Å²) in [6.45, 7) is 0. The van der Waals surface area contributed by atoms with Crippen molar-refractivity contribution in [1.82, 2.24) is 9.97 Å². The molecule has 654 valence electrons. The Bertz CT molecular complexity index is 3820. The zero-order valence-electron chi connectivity index (χ0n) is 63.3. The van der Waals surface area contributed by atoms with Crippen molar-refractivity contribution in [1.29, 1.82) is 74.3 Å². The van der Waals surface area contributed by atoms with Gasteiger partial charge >= 0.3 is 0 Å². The number of nitrogens with zero attached hydrogens (tertiary/aromatic N) is 12. The molecule has 0 saturated heterocycles. The minimum atomic E-state index is -0.339. The number of hydrogen-bond acceptors (Lipinski definition) is 28. The van der Waals surface area contributed by atoms with Gasteiger partial charge in [-0.3, -0.25) is 31.6 Å². The highest BCUT2D eigenvalue weighted by Gasteiger charge is 2.00. The van der Waals surface area contributed by atoms with Crippen LogP contribution in [0.2, 0.25) is 0 Å². The van der Waals surface area contributed by atoms with Crippen LogP contribution in [0.15, 0.2) is 134 Å². The van der Waals surface area contributed by atoms with E-state index in [0.29, 0.717) is 78.0 Å². The fourth-order valence-corrected chi connectivity index (χ4v) is 7.10. The summed E-state index contributed by atoms with van der Waals surface area (Å²) in [5.41, 5.74) is 84.5. The second-order valence-corrected chi connectivity index (χ2v) is 26.5. The first-order valence-corrected chi connectivity index (χ1v) is 39.6. The highest BCUT2D eigenvalue weighted by Crippen LogP contribution is 2.13. The molecule has 2 aromatic heterocycles. The lowest BCUT2D eigenvalue weighted by molar-refractivity contribution is 0.990. The van der Waals surface area contributed by atoms with Gasteiger partial charge in [0.15, 0.2) is 58.4 Å². The van der Waals surface area contributed by atoms with Crippen LogP contribution in [0.25, 0.3) is 0 Å². The number of alkyl halides is 5. The number of thioether (sulfide) groups is 5. The smallest absolute Gasteiger partial charge is 0.160 e. The Morgan fingerprint density at radius 3 is 0.925 bits per heavy atom. The third-order valence-corrected chi connectivity index (χ3v) is 13.0. The molecular weight excluding hydrogens is 1940 g/mol. The summed E-state index contributed by atoms with van der Waals surface area (Å²) in [5, 5.41) is 109. The topological polar surface area (TPSA) is 775 Å². The standard InChI is InChI=1S/C10H11N3S.C9H8ClN.C9H10N4S.C8H7ClN2.C5H9N3S.C5H7N3S.C5H5N3S.2C4H4ClN.C4H2ClN.5CH4N2S.5ClH/c11-6-5-8-1-3-9(4-2-8)7-14-10(12)13;10-7-9-3-1-8(2-4-9)5-6-11;10-4-3-7-1-2-8(13-5-7)6-14-9(11)12;9-5-8-2-1-7(3-4-10)6-11-8;3*6-3-1-2-4-9-5(7)8;3*5-3-1-2-4-6;5*2-1(3)4;;;;;/h1-4H,5,7H2,(H3,12,13);1-4H,5,7H2;1-2,5H,3,6H2,(H3,11,12);1-2,6H,3,5H2;1-2,5H,4,7-8H2;1-2H,4H2,(H3,7,8);4H2,(H3,7,8);2*1-2H,3H2;3H2;5*(H4,2,3,4);5*1H/b;;;;2-1+;2-1-;;2-1+;2-1-;;;;;;;;;;;. The van der Waals surface area contributed by atoms with Gasteiger partial charge in [0.25, 0.3) is 0 Å². The largest absolute Gasteiger partial charge is 0.379 e. The van der Waals surface area contributed by atoms with Crippen LogP contribution in [0.3, 0.4) is 0 Å². The molecule has 0 saturated carbocycles. The highest BCUT2D eigenvalue weighted by atomic mass is 35.5. The lowest BCUT2D eigenvalue weighted by Crippen LogP contribution is -2.26. The molecule has 0 unspecified atom stereocenters. The number of nitrogens with one attached hydrogen (secondary N) is 4. The molecule has 4 aromatic rings. The molecule has 0 aliphatic heterocycles. The van der Waals surface area contributed by atoms with Crippen LogP contribution in [-0.2, 0) is 48.9 Å². The summed E-state index contributed by atoms with van der Waals surface area (Å²) in [4.78, 5) is 8.18. The van der Waals surface area contributed by atoms with E-state index < -0.39 is 0 Å². The average Bonchev–Trinajstić information content (AvgIpc) is 0.931. The maximum Gasteiger partial charge on any atom is 0.160 e. The Morgan fingerprint density at radius 1 is 0.375 bits per heavy atom. The van der Waals surface area contributed by atoms with Gasteiger partial charge in [-0.05, 0) is 107 Å². The van der Waals surface area contributed by atoms with Gasteiger partial charge in [0.2, 0.25) is 0 Å². The number of hydrogen-bond donors (Lipinski definition) is 20. The first-order valence-electron chi connectivity index (χ1n) is 29.9. The van der Waals surface area contributed by atoms with Crippen LogP contribution in [-0.4, -0.2) is 96.6 Å². The van der Waals surface area contributed by atoms with Crippen LogP contribution < -0.4 is 91.7 Å². The molecule has 120 heavy (non-hydrogen) atoms. The highest BCUT2D eigenvalue weighted by molar-refractivity contribution is 8.14. The number of thiocarbonyl (C=S) groups is 5. The van der Waals surface area contributed by atoms with Crippen LogP contribution in [0.1, 0.15) is 44.8 Å². The van der Waals surface area contributed by atoms with E-state index in [0.717, 1.165) is 56.5 Å². The van der Waals surface area contributed by atoms with Crippen molar-refractivity contribution in [2.24, 2.45) is 91.7 Å². The van der Waals surface area contributed by atoms with E-state index in [2.05, 4.69) is 170 Å². The Morgan fingerprint density at radius 2 is 0.667 bits per heavy atom.